The maximum Gasteiger partial charge on any atom is 0.343 e. The van der Waals surface area contributed by atoms with Crippen molar-refractivity contribution in [1.82, 2.24) is 5.43 Å². The van der Waals surface area contributed by atoms with Crippen LogP contribution in [0.1, 0.15) is 35.7 Å². The number of hydrogen-bond acceptors (Lipinski definition) is 5. The molecule has 0 aliphatic rings. The summed E-state index contributed by atoms with van der Waals surface area (Å²) in [5.74, 6) is 0.295. The van der Waals surface area contributed by atoms with Gasteiger partial charge in [0.1, 0.15) is 11.5 Å². The third-order valence-electron chi connectivity index (χ3n) is 4.42. The number of ether oxygens (including phenoxy) is 2. The number of carbonyl (C=O) groups excluding carboxylic acids is 2. The van der Waals surface area contributed by atoms with Crippen LogP contribution in [0.3, 0.4) is 0 Å². The minimum atomic E-state index is -0.641. The molecule has 0 aromatic heterocycles. The van der Waals surface area contributed by atoms with Crippen LogP contribution < -0.4 is 14.9 Å². The third kappa shape index (κ3) is 7.06. The van der Waals surface area contributed by atoms with Gasteiger partial charge in [-0.25, -0.2) is 10.2 Å². The summed E-state index contributed by atoms with van der Waals surface area (Å²) in [6, 6.07) is 22.9. The zero-order chi connectivity index (χ0) is 22.8. The van der Waals surface area contributed by atoms with E-state index in [2.05, 4.69) is 26.5 Å². The first-order valence-corrected chi connectivity index (χ1v) is 11.0. The summed E-state index contributed by atoms with van der Waals surface area (Å²) in [7, 11) is 0. The van der Waals surface area contributed by atoms with Crippen molar-refractivity contribution in [3.63, 3.8) is 0 Å². The standard InChI is InChI=1S/C25H23BrN2O4/c1-2-6-23(31-21-15-11-20(26)12-16-21)24(29)28-27-17-18-9-13-22(14-10-18)32-25(30)19-7-4-3-5-8-19/h3-5,7-17,23H,2,6H2,1H3,(H,28,29). The Bertz CT molecular complexity index is 1050. The normalized spacial score (nSPS) is 11.7. The van der Waals surface area contributed by atoms with Gasteiger partial charge >= 0.3 is 5.97 Å². The van der Waals surface area contributed by atoms with Crippen molar-refractivity contribution in [3.05, 3.63) is 94.5 Å². The van der Waals surface area contributed by atoms with Crippen LogP contribution in [0.25, 0.3) is 0 Å². The highest BCUT2D eigenvalue weighted by molar-refractivity contribution is 9.10. The molecule has 0 saturated carbocycles. The number of esters is 1. The number of nitrogens with one attached hydrogen (secondary N) is 1. The van der Waals surface area contributed by atoms with Crippen LogP contribution in [0.4, 0.5) is 0 Å². The molecule has 0 aliphatic heterocycles. The second-order valence-corrected chi connectivity index (χ2v) is 7.82. The predicted octanol–water partition coefficient (Wildman–Crippen LogP) is 5.37. The largest absolute Gasteiger partial charge is 0.481 e. The Hall–Kier alpha value is -3.45. The fraction of sp³-hybridized carbons (Fsp3) is 0.160. The Balaban J connectivity index is 1.54. The monoisotopic (exact) mass is 494 g/mol. The van der Waals surface area contributed by atoms with Gasteiger partial charge in [0, 0.05) is 4.47 Å². The summed E-state index contributed by atoms with van der Waals surface area (Å²) < 4.78 is 12.1. The lowest BCUT2D eigenvalue weighted by Crippen LogP contribution is -2.35. The molecule has 0 fully saturated rings. The predicted molar refractivity (Wildman–Crippen MR) is 127 cm³/mol. The molecule has 3 rings (SSSR count). The molecule has 1 N–H and O–H groups in total. The van der Waals surface area contributed by atoms with Crippen LogP contribution in [0, 0.1) is 0 Å². The van der Waals surface area contributed by atoms with Gasteiger partial charge < -0.3 is 9.47 Å². The van der Waals surface area contributed by atoms with Gasteiger partial charge in [-0.15, -0.1) is 0 Å². The highest BCUT2D eigenvalue weighted by Gasteiger charge is 2.19. The molecule has 1 amide bonds. The number of carbonyl (C=O) groups is 2. The average molecular weight is 495 g/mol. The van der Waals surface area contributed by atoms with E-state index in [1.54, 1.807) is 60.7 Å². The lowest BCUT2D eigenvalue weighted by Gasteiger charge is -2.16. The average Bonchev–Trinajstić information content (AvgIpc) is 2.82. The molecule has 0 spiro atoms. The van der Waals surface area contributed by atoms with E-state index in [0.717, 1.165) is 16.5 Å². The van der Waals surface area contributed by atoms with Gasteiger partial charge in [-0.3, -0.25) is 4.79 Å². The summed E-state index contributed by atoms with van der Waals surface area (Å²) in [6.45, 7) is 1.99. The molecule has 0 heterocycles. The van der Waals surface area contributed by atoms with E-state index in [1.165, 1.54) is 6.21 Å². The van der Waals surface area contributed by atoms with Crippen LogP contribution in [0.5, 0.6) is 11.5 Å². The highest BCUT2D eigenvalue weighted by atomic mass is 79.9. The number of nitrogens with zero attached hydrogens (tertiary/aromatic N) is 1. The van der Waals surface area contributed by atoms with Crippen LogP contribution in [0.2, 0.25) is 0 Å². The Labute approximate surface area is 195 Å². The van der Waals surface area contributed by atoms with Gasteiger partial charge in [0.25, 0.3) is 5.91 Å². The van der Waals surface area contributed by atoms with E-state index >= 15 is 0 Å². The first-order chi connectivity index (χ1) is 15.5. The quantitative estimate of drug-likeness (QED) is 0.188. The molecule has 164 valence electrons. The van der Waals surface area contributed by atoms with Crippen molar-refractivity contribution in [2.24, 2.45) is 5.10 Å². The number of benzene rings is 3. The fourth-order valence-corrected chi connectivity index (χ4v) is 3.05. The van der Waals surface area contributed by atoms with Crippen molar-refractivity contribution in [2.75, 3.05) is 0 Å². The third-order valence-corrected chi connectivity index (χ3v) is 4.95. The highest BCUT2D eigenvalue weighted by Crippen LogP contribution is 2.19. The Morgan fingerprint density at radius 1 is 0.969 bits per heavy atom. The van der Waals surface area contributed by atoms with Crippen LogP contribution in [-0.4, -0.2) is 24.2 Å². The number of hydrogen-bond donors (Lipinski definition) is 1. The van der Waals surface area contributed by atoms with E-state index in [9.17, 15) is 9.59 Å². The molecule has 32 heavy (non-hydrogen) atoms. The van der Waals surface area contributed by atoms with Crippen molar-refractivity contribution >= 4 is 34.0 Å². The van der Waals surface area contributed by atoms with E-state index in [4.69, 9.17) is 9.47 Å². The zero-order valence-electron chi connectivity index (χ0n) is 17.5. The molecule has 1 unspecified atom stereocenters. The second-order valence-electron chi connectivity index (χ2n) is 6.91. The molecule has 6 nitrogen and oxygen atoms in total. The maximum atomic E-state index is 12.5. The summed E-state index contributed by atoms with van der Waals surface area (Å²) in [6.07, 6.45) is 2.24. The molecule has 0 radical (unpaired) electrons. The Morgan fingerprint density at radius 2 is 1.62 bits per heavy atom. The first kappa shape index (κ1) is 23.2. The summed E-state index contributed by atoms with van der Waals surface area (Å²) in [4.78, 5) is 24.6. The van der Waals surface area contributed by atoms with E-state index in [1.807, 2.05) is 25.1 Å². The number of halogens is 1. The molecule has 3 aromatic rings. The summed E-state index contributed by atoms with van der Waals surface area (Å²) in [5, 5.41) is 4.02. The molecule has 0 saturated heterocycles. The van der Waals surface area contributed by atoms with E-state index < -0.39 is 12.1 Å². The molecule has 1 atom stereocenters. The Kier molecular flexibility index (Phi) is 8.57. The molecule has 0 bridgehead atoms. The lowest BCUT2D eigenvalue weighted by molar-refractivity contribution is -0.128. The molecule has 0 aliphatic carbocycles. The summed E-state index contributed by atoms with van der Waals surface area (Å²) >= 11 is 3.38. The summed E-state index contributed by atoms with van der Waals surface area (Å²) in [5.41, 5.74) is 3.75. The zero-order valence-corrected chi connectivity index (χ0v) is 19.1. The van der Waals surface area contributed by atoms with Gasteiger partial charge in [-0.05, 0) is 72.6 Å². The molecular formula is C25H23BrN2O4. The SMILES string of the molecule is CCCC(Oc1ccc(Br)cc1)C(=O)NN=Cc1ccc(OC(=O)c2ccccc2)cc1. The maximum absolute atomic E-state index is 12.5. The number of amides is 1. The van der Waals surface area contributed by atoms with Crippen molar-refractivity contribution in [2.45, 2.75) is 25.9 Å². The smallest absolute Gasteiger partial charge is 0.343 e. The van der Waals surface area contributed by atoms with E-state index in [0.29, 0.717) is 23.5 Å². The molecule has 3 aromatic carbocycles. The van der Waals surface area contributed by atoms with Gasteiger partial charge in [-0.2, -0.15) is 5.10 Å². The fourth-order valence-electron chi connectivity index (χ4n) is 2.79. The van der Waals surface area contributed by atoms with Crippen molar-refractivity contribution in [1.29, 1.82) is 0 Å². The molecule has 7 heteroatoms. The van der Waals surface area contributed by atoms with Crippen LogP contribution in [0.15, 0.2) is 88.4 Å². The minimum absolute atomic E-state index is 0.320. The van der Waals surface area contributed by atoms with Crippen LogP contribution >= 0.6 is 15.9 Å². The van der Waals surface area contributed by atoms with Gasteiger partial charge in [0.2, 0.25) is 0 Å². The van der Waals surface area contributed by atoms with Gasteiger partial charge in [-0.1, -0.05) is 47.5 Å². The van der Waals surface area contributed by atoms with Crippen molar-refractivity contribution in [3.8, 4) is 11.5 Å². The molecular weight excluding hydrogens is 472 g/mol. The topological polar surface area (TPSA) is 77.0 Å². The number of rotatable bonds is 9. The van der Waals surface area contributed by atoms with Crippen LogP contribution in [-0.2, 0) is 4.79 Å². The van der Waals surface area contributed by atoms with E-state index in [-0.39, 0.29) is 5.91 Å². The first-order valence-electron chi connectivity index (χ1n) is 10.2. The number of hydrazone groups is 1. The second kappa shape index (κ2) is 11.8. The lowest BCUT2D eigenvalue weighted by atomic mass is 10.2. The van der Waals surface area contributed by atoms with Gasteiger partial charge in [0.15, 0.2) is 6.10 Å². The minimum Gasteiger partial charge on any atom is -0.481 e. The van der Waals surface area contributed by atoms with Crippen molar-refractivity contribution < 1.29 is 19.1 Å². The van der Waals surface area contributed by atoms with Gasteiger partial charge in [0.05, 0.1) is 11.8 Å². The Morgan fingerprint density at radius 3 is 2.28 bits per heavy atom.